The number of pyridine rings is 2. The minimum atomic E-state index is -4.66. The Balaban J connectivity index is 1.10. The fourth-order valence-electron chi connectivity index (χ4n) is 8.84. The van der Waals surface area contributed by atoms with Crippen molar-refractivity contribution in [3.05, 3.63) is 163 Å². The summed E-state index contributed by atoms with van der Waals surface area (Å²) in [4.78, 5) is 34.4. The molecule has 9 aromatic rings. The van der Waals surface area contributed by atoms with Crippen molar-refractivity contribution < 1.29 is 31.6 Å². The van der Waals surface area contributed by atoms with E-state index in [0.29, 0.717) is 68.0 Å². The van der Waals surface area contributed by atoms with Crippen LogP contribution in [0.1, 0.15) is 64.2 Å². The lowest BCUT2D eigenvalue weighted by Gasteiger charge is -2.37. The van der Waals surface area contributed by atoms with Gasteiger partial charge in [-0.2, -0.15) is 23.4 Å². The smallest absolute Gasteiger partial charge is 0.374 e. The van der Waals surface area contributed by atoms with E-state index in [1.807, 2.05) is 6.92 Å². The third-order valence-electron chi connectivity index (χ3n) is 12.0. The molecule has 0 fully saturated rings. The largest absolute Gasteiger partial charge is 0.438 e. The lowest BCUT2D eigenvalue weighted by atomic mass is 9.97. The molecule has 0 saturated heterocycles. The van der Waals surface area contributed by atoms with Gasteiger partial charge in [-0.05, 0) is 91.1 Å². The van der Waals surface area contributed by atoms with Gasteiger partial charge in [0.15, 0.2) is 11.6 Å². The van der Waals surface area contributed by atoms with Crippen LogP contribution in [0.15, 0.2) is 99.8 Å². The number of alkyl halides is 3. The van der Waals surface area contributed by atoms with Gasteiger partial charge in [0, 0.05) is 80.1 Å². The SMILES string of the molecule is Cc1cc(-n2nc3c(c2-n2ccn(-c4ccc5c(cnn5C)c4F)c2=O)[C@H](C)N(C(O)c2cn4cc(-c5ccnc(C(F)(F)F)c5)ccc4c2Cc2noc(=O)[nH]2)CC3)cc(C)c1F. The van der Waals surface area contributed by atoms with Crippen molar-refractivity contribution in [2.75, 3.05) is 6.54 Å². The standard InChI is InChI=1S/C44H36F5N11O4/c1-22-15-27(16-23(2)38(22)45)60-40(59-14-13-58(43(59)63)34-8-7-32-29(39(34)46)19-51-55(32)4)37-24(3)57(12-10-31(37)53-60)41(61)30-21-56-20-26(25-9-11-50-35(17-25)44(47,48)49)5-6-33(56)28(30)18-36-52-42(62)64-54-36/h5-9,11,13-17,19-21,24,41,61H,10,12,18H2,1-4H3,(H,52,54,62)/t24-,41?/m0/s1. The molecule has 2 N–H and O–H groups in total. The van der Waals surface area contributed by atoms with Gasteiger partial charge >= 0.3 is 17.6 Å². The van der Waals surface area contributed by atoms with Crippen molar-refractivity contribution in [1.82, 2.24) is 53.1 Å². The van der Waals surface area contributed by atoms with Crippen molar-refractivity contribution in [3.8, 4) is 28.3 Å². The number of aromatic amines is 1. The van der Waals surface area contributed by atoms with Gasteiger partial charge in [0.25, 0.3) is 0 Å². The van der Waals surface area contributed by atoms with Crippen LogP contribution < -0.4 is 11.4 Å². The number of aliphatic hydroxyl groups excluding tert-OH is 1. The number of benzene rings is 2. The zero-order chi connectivity index (χ0) is 44.9. The number of imidazole rings is 1. The van der Waals surface area contributed by atoms with Crippen LogP contribution in [-0.2, 0) is 26.1 Å². The van der Waals surface area contributed by atoms with Gasteiger partial charge in [0.05, 0.1) is 34.2 Å². The highest BCUT2D eigenvalue weighted by Gasteiger charge is 2.38. The number of nitrogens with one attached hydrogen (secondary N) is 1. The average Bonchev–Trinajstić information content (AvgIpc) is 4.11. The van der Waals surface area contributed by atoms with Crippen molar-refractivity contribution >= 4 is 16.4 Å². The molecule has 326 valence electrons. The Morgan fingerprint density at radius 1 is 0.953 bits per heavy atom. The van der Waals surface area contributed by atoms with Crippen LogP contribution in [0.4, 0.5) is 22.0 Å². The maximum absolute atomic E-state index is 16.0. The van der Waals surface area contributed by atoms with Crippen LogP contribution in [0.5, 0.6) is 0 Å². The molecule has 15 nitrogen and oxygen atoms in total. The lowest BCUT2D eigenvalue weighted by molar-refractivity contribution is -0.141. The first-order valence-electron chi connectivity index (χ1n) is 20.0. The number of halogens is 5. The number of aryl methyl sites for hydroxylation is 3. The van der Waals surface area contributed by atoms with Gasteiger partial charge in [0.1, 0.15) is 23.6 Å². The summed E-state index contributed by atoms with van der Waals surface area (Å²) >= 11 is 0. The molecular formula is C44H36F5N11O4. The quantitative estimate of drug-likeness (QED) is 0.156. The van der Waals surface area contributed by atoms with Gasteiger partial charge in [-0.3, -0.25) is 33.2 Å². The van der Waals surface area contributed by atoms with E-state index < -0.39 is 41.4 Å². The Hall–Kier alpha value is -7.45. The second-order valence-electron chi connectivity index (χ2n) is 15.9. The monoisotopic (exact) mass is 877 g/mol. The fourth-order valence-corrected chi connectivity index (χ4v) is 8.84. The van der Waals surface area contributed by atoms with Crippen molar-refractivity contribution in [2.45, 2.75) is 52.1 Å². The third kappa shape index (κ3) is 6.55. The van der Waals surface area contributed by atoms with Crippen LogP contribution in [0.2, 0.25) is 0 Å². The van der Waals surface area contributed by atoms with Crippen molar-refractivity contribution in [1.29, 1.82) is 0 Å². The molecular weight excluding hydrogens is 842 g/mol. The van der Waals surface area contributed by atoms with Gasteiger partial charge in [-0.25, -0.2) is 23.1 Å². The molecule has 1 aliphatic heterocycles. The first-order valence-corrected chi connectivity index (χ1v) is 20.0. The first kappa shape index (κ1) is 40.6. The number of rotatable bonds is 8. The van der Waals surface area contributed by atoms with E-state index in [1.54, 1.807) is 77.6 Å². The van der Waals surface area contributed by atoms with E-state index in [9.17, 15) is 27.9 Å². The molecule has 1 aliphatic rings. The minimum absolute atomic E-state index is 0.00241. The minimum Gasteiger partial charge on any atom is -0.374 e. The number of aliphatic hydroxyl groups is 1. The fraction of sp³-hybridized carbons (Fsp3) is 0.227. The van der Waals surface area contributed by atoms with Crippen LogP contribution in [-0.4, -0.2) is 64.8 Å². The van der Waals surface area contributed by atoms with E-state index >= 15 is 8.78 Å². The van der Waals surface area contributed by atoms with Gasteiger partial charge in [-0.15, -0.1) is 0 Å². The normalized spacial score (nSPS) is 15.1. The summed E-state index contributed by atoms with van der Waals surface area (Å²) in [6.45, 7) is 5.38. The molecule has 0 amide bonds. The second-order valence-corrected chi connectivity index (χ2v) is 15.9. The molecule has 0 saturated carbocycles. The lowest BCUT2D eigenvalue weighted by Crippen LogP contribution is -2.38. The second kappa shape index (κ2) is 14.8. The summed E-state index contributed by atoms with van der Waals surface area (Å²) in [5.41, 5.74) is 3.42. The van der Waals surface area contributed by atoms with Gasteiger partial charge < -0.3 is 9.51 Å². The molecule has 2 aromatic carbocycles. The maximum Gasteiger partial charge on any atom is 0.438 e. The Morgan fingerprint density at radius 3 is 2.44 bits per heavy atom. The predicted molar refractivity (Wildman–Crippen MR) is 221 cm³/mol. The Labute approximate surface area is 357 Å². The zero-order valence-corrected chi connectivity index (χ0v) is 34.4. The van der Waals surface area contributed by atoms with Crippen LogP contribution >= 0.6 is 0 Å². The van der Waals surface area contributed by atoms with E-state index in [2.05, 4.69) is 20.2 Å². The molecule has 0 spiro atoms. The van der Waals surface area contributed by atoms with Crippen molar-refractivity contribution in [3.63, 3.8) is 0 Å². The molecule has 7 aromatic heterocycles. The van der Waals surface area contributed by atoms with Crippen LogP contribution in [0.3, 0.4) is 0 Å². The first-order chi connectivity index (χ1) is 30.6. The van der Waals surface area contributed by atoms with E-state index in [-0.39, 0.29) is 41.2 Å². The number of H-pyrrole nitrogens is 1. The molecule has 0 aliphatic carbocycles. The van der Waals surface area contributed by atoms with Crippen molar-refractivity contribution in [2.24, 2.45) is 7.05 Å². The van der Waals surface area contributed by atoms with Gasteiger partial charge in [0.2, 0.25) is 0 Å². The summed E-state index contributed by atoms with van der Waals surface area (Å²) in [6.07, 6.45) is 3.03. The highest BCUT2D eigenvalue weighted by Crippen LogP contribution is 2.41. The number of hydrogen-bond acceptors (Lipinski definition) is 9. The Kier molecular flexibility index (Phi) is 9.42. The molecule has 2 atom stereocenters. The molecule has 64 heavy (non-hydrogen) atoms. The molecule has 8 heterocycles. The highest BCUT2D eigenvalue weighted by atomic mass is 19.4. The van der Waals surface area contributed by atoms with Crippen LogP contribution in [0, 0.1) is 25.5 Å². The summed E-state index contributed by atoms with van der Waals surface area (Å²) in [5, 5.41) is 25.7. The third-order valence-corrected chi connectivity index (χ3v) is 12.0. The Bertz CT molecular complexity index is 3420. The number of aromatic nitrogens is 10. The van der Waals surface area contributed by atoms with Gasteiger partial charge in [-0.1, -0.05) is 11.2 Å². The number of hydrogen-bond donors (Lipinski definition) is 2. The molecule has 0 bridgehead atoms. The highest BCUT2D eigenvalue weighted by molar-refractivity contribution is 5.82. The maximum atomic E-state index is 16.0. The zero-order valence-electron chi connectivity index (χ0n) is 34.4. The molecule has 20 heteroatoms. The topological polar surface area (TPSA) is 162 Å². The Morgan fingerprint density at radius 2 is 1.70 bits per heavy atom. The summed E-state index contributed by atoms with van der Waals surface area (Å²) in [5.74, 6) is -1.35. The average molecular weight is 878 g/mol. The summed E-state index contributed by atoms with van der Waals surface area (Å²) in [6, 6.07) is 11.5. The molecule has 10 rings (SSSR count). The van der Waals surface area contributed by atoms with E-state index in [0.717, 1.165) is 12.3 Å². The predicted octanol–water partition coefficient (Wildman–Crippen LogP) is 6.81. The number of fused-ring (bicyclic) bond motifs is 3. The van der Waals surface area contributed by atoms with E-state index in [1.165, 1.54) is 44.5 Å². The van der Waals surface area contributed by atoms with E-state index in [4.69, 9.17) is 9.62 Å². The summed E-state index contributed by atoms with van der Waals surface area (Å²) in [7, 11) is 1.69. The summed E-state index contributed by atoms with van der Waals surface area (Å²) < 4.78 is 84.0. The molecule has 0 radical (unpaired) electrons. The molecule has 1 unspecified atom stereocenters. The number of nitrogens with zero attached hydrogens (tertiary/aromatic N) is 10. The van der Waals surface area contributed by atoms with Crippen LogP contribution in [0.25, 0.3) is 44.7 Å².